The first kappa shape index (κ1) is 32.3. The zero-order chi connectivity index (χ0) is 32.1. The zero-order valence-electron chi connectivity index (χ0n) is 25.9. The van der Waals surface area contributed by atoms with Gasteiger partial charge in [0.2, 0.25) is 10.0 Å². The van der Waals surface area contributed by atoms with Gasteiger partial charge >= 0.3 is 0 Å². The zero-order valence-corrected chi connectivity index (χ0v) is 26.7. The van der Waals surface area contributed by atoms with Crippen molar-refractivity contribution in [2.45, 2.75) is 50.0 Å². The Morgan fingerprint density at radius 3 is 2.20 bits per heavy atom. The normalized spacial score (nSPS) is 15.6. The minimum atomic E-state index is -4.06. The molecule has 4 aromatic rings. The van der Waals surface area contributed by atoms with E-state index in [2.05, 4.69) is 0 Å². The highest BCUT2D eigenvalue weighted by atomic mass is 32.2. The van der Waals surface area contributed by atoms with Crippen LogP contribution in [0.15, 0.2) is 83.8 Å². The number of ether oxygens (including phenoxy) is 4. The van der Waals surface area contributed by atoms with Gasteiger partial charge in [-0.05, 0) is 65.9 Å². The van der Waals surface area contributed by atoms with E-state index in [0.29, 0.717) is 40.5 Å². The van der Waals surface area contributed by atoms with Crippen LogP contribution in [-0.4, -0.2) is 57.0 Å². The molecule has 2 unspecified atom stereocenters. The summed E-state index contributed by atoms with van der Waals surface area (Å²) in [6.07, 6.45) is -0.659. The second-order valence-electron chi connectivity index (χ2n) is 11.0. The summed E-state index contributed by atoms with van der Waals surface area (Å²) < 4.78 is 53.7. The molecule has 0 aromatic heterocycles. The van der Waals surface area contributed by atoms with Crippen LogP contribution < -0.4 is 18.9 Å². The third-order valence-electron chi connectivity index (χ3n) is 8.14. The fourth-order valence-corrected chi connectivity index (χ4v) is 7.31. The van der Waals surface area contributed by atoms with E-state index in [1.165, 1.54) is 18.5 Å². The molecule has 0 amide bonds. The van der Waals surface area contributed by atoms with E-state index in [9.17, 15) is 18.6 Å². The largest absolute Gasteiger partial charge is 0.493 e. The highest BCUT2D eigenvalue weighted by Gasteiger charge is 2.40. The maximum Gasteiger partial charge on any atom is 0.243 e. The molecule has 1 heterocycles. The van der Waals surface area contributed by atoms with Gasteiger partial charge in [0, 0.05) is 18.5 Å². The van der Waals surface area contributed by atoms with Crippen molar-refractivity contribution < 1.29 is 37.6 Å². The number of aliphatic hydroxyl groups is 2. The van der Waals surface area contributed by atoms with Crippen LogP contribution in [0.3, 0.4) is 0 Å². The third kappa shape index (κ3) is 6.79. The minimum Gasteiger partial charge on any atom is -0.493 e. The maximum atomic E-state index is 14.5. The van der Waals surface area contributed by atoms with Gasteiger partial charge < -0.3 is 29.2 Å². The lowest BCUT2D eigenvalue weighted by Gasteiger charge is -2.38. The average molecular weight is 634 g/mol. The number of sulfonamides is 1. The first-order valence-corrected chi connectivity index (χ1v) is 16.1. The Bertz CT molecular complexity index is 1730. The predicted octanol–water partition coefficient (Wildman–Crippen LogP) is 4.98. The summed E-state index contributed by atoms with van der Waals surface area (Å²) in [5.74, 6) is 1.86. The molecular formula is C35H39NO8S. The van der Waals surface area contributed by atoms with Crippen molar-refractivity contribution in [2.75, 3.05) is 27.9 Å². The Hall–Kier alpha value is -4.09. The molecule has 0 spiro atoms. The van der Waals surface area contributed by atoms with Crippen molar-refractivity contribution in [2.24, 2.45) is 0 Å². The second kappa shape index (κ2) is 13.9. The van der Waals surface area contributed by atoms with Crippen LogP contribution in [0.1, 0.15) is 39.4 Å². The van der Waals surface area contributed by atoms with Crippen molar-refractivity contribution in [1.82, 2.24) is 4.31 Å². The van der Waals surface area contributed by atoms with Gasteiger partial charge in [0.25, 0.3) is 0 Å². The van der Waals surface area contributed by atoms with E-state index in [4.69, 9.17) is 18.9 Å². The van der Waals surface area contributed by atoms with Gasteiger partial charge in [-0.1, -0.05) is 54.1 Å². The summed E-state index contributed by atoms with van der Waals surface area (Å²) in [6.45, 7) is 1.74. The number of aliphatic hydroxyl groups excluding tert-OH is 2. The number of rotatable bonds is 12. The van der Waals surface area contributed by atoms with Gasteiger partial charge in [-0.2, -0.15) is 4.31 Å². The van der Waals surface area contributed by atoms with E-state index in [0.717, 1.165) is 22.3 Å². The highest BCUT2D eigenvalue weighted by molar-refractivity contribution is 7.89. The Labute approximate surface area is 264 Å². The third-order valence-corrected chi connectivity index (χ3v) is 10.0. The molecule has 9 nitrogen and oxygen atoms in total. The van der Waals surface area contributed by atoms with Crippen molar-refractivity contribution in [3.63, 3.8) is 0 Å². The Kier molecular flexibility index (Phi) is 9.99. The molecule has 2 N–H and O–H groups in total. The lowest BCUT2D eigenvalue weighted by Crippen LogP contribution is -2.39. The molecular weight excluding hydrogens is 594 g/mol. The van der Waals surface area contributed by atoms with Crippen LogP contribution in [0.4, 0.5) is 0 Å². The molecule has 0 radical (unpaired) electrons. The summed E-state index contributed by atoms with van der Waals surface area (Å²) in [5.41, 5.74) is 4.81. The summed E-state index contributed by atoms with van der Waals surface area (Å²) in [4.78, 5) is 0.161. The molecule has 0 fully saturated rings. The fraction of sp³-hybridized carbons (Fsp3) is 0.314. The molecule has 5 rings (SSSR count). The van der Waals surface area contributed by atoms with Crippen LogP contribution in [0.25, 0.3) is 0 Å². The number of hydrogen-bond acceptors (Lipinski definition) is 8. The topological polar surface area (TPSA) is 115 Å². The van der Waals surface area contributed by atoms with E-state index in [-0.39, 0.29) is 24.5 Å². The lowest BCUT2D eigenvalue weighted by atomic mass is 9.87. The molecule has 10 heteroatoms. The van der Waals surface area contributed by atoms with Crippen molar-refractivity contribution >= 4 is 10.0 Å². The number of benzene rings is 4. The van der Waals surface area contributed by atoms with Gasteiger partial charge in [0.15, 0.2) is 23.0 Å². The standard InChI is InChI=1S/C35H39NO8S/c1-23-10-13-28(14-11-23)45(39,40)36-20-30-25(12-15-32(41-2)35(30)44-22-24-8-6-5-7-9-24)17-31(36)29-19-34(43-4)33(42-3)18-26(29)16-27(38)21-37/h5-15,18-19,27,31,37-38H,16-17,20-22H2,1-4H3. The quantitative estimate of drug-likeness (QED) is 0.225. The van der Waals surface area contributed by atoms with Crippen LogP contribution in [0.2, 0.25) is 0 Å². The number of fused-ring (bicyclic) bond motifs is 1. The molecule has 1 aliphatic heterocycles. The molecule has 4 aromatic carbocycles. The molecule has 0 bridgehead atoms. The van der Waals surface area contributed by atoms with E-state index >= 15 is 0 Å². The Morgan fingerprint density at radius 1 is 0.889 bits per heavy atom. The van der Waals surface area contributed by atoms with Crippen LogP contribution in [-0.2, 0) is 36.0 Å². The smallest absolute Gasteiger partial charge is 0.243 e. The Balaban J connectivity index is 1.68. The predicted molar refractivity (Wildman–Crippen MR) is 170 cm³/mol. The molecule has 0 saturated carbocycles. The highest BCUT2D eigenvalue weighted by Crippen LogP contribution is 2.46. The first-order chi connectivity index (χ1) is 21.7. The molecule has 2 atom stereocenters. The minimum absolute atomic E-state index is 0.00781. The van der Waals surface area contributed by atoms with E-state index in [1.807, 2.05) is 49.4 Å². The maximum absolute atomic E-state index is 14.5. The Morgan fingerprint density at radius 2 is 1.56 bits per heavy atom. The van der Waals surface area contributed by atoms with Crippen LogP contribution in [0.5, 0.6) is 23.0 Å². The number of nitrogens with zero attached hydrogens (tertiary/aromatic N) is 1. The molecule has 1 aliphatic rings. The van der Waals surface area contributed by atoms with Crippen LogP contribution in [0, 0.1) is 6.92 Å². The number of aryl methyl sites for hydroxylation is 1. The van der Waals surface area contributed by atoms with E-state index < -0.39 is 28.8 Å². The fourth-order valence-electron chi connectivity index (χ4n) is 5.74. The number of hydrogen-bond donors (Lipinski definition) is 2. The summed E-state index contributed by atoms with van der Waals surface area (Å²) in [5, 5.41) is 20.2. The number of methoxy groups -OCH3 is 3. The van der Waals surface area contributed by atoms with Gasteiger partial charge in [-0.3, -0.25) is 0 Å². The van der Waals surface area contributed by atoms with Gasteiger partial charge in [0.1, 0.15) is 6.61 Å². The molecule has 0 aliphatic carbocycles. The van der Waals surface area contributed by atoms with Crippen LogP contribution >= 0.6 is 0 Å². The SMILES string of the molecule is COc1cc(CC(O)CO)c(C2Cc3ccc(OC)c(OCc4ccccc4)c3CN2S(=O)(=O)c2ccc(C)cc2)cc1OC. The van der Waals surface area contributed by atoms with Gasteiger partial charge in [-0.25, -0.2) is 8.42 Å². The van der Waals surface area contributed by atoms with Gasteiger partial charge in [0.05, 0.1) is 45.0 Å². The van der Waals surface area contributed by atoms with Crippen molar-refractivity contribution in [1.29, 1.82) is 0 Å². The van der Waals surface area contributed by atoms with Crippen molar-refractivity contribution in [3.05, 3.63) is 112 Å². The van der Waals surface area contributed by atoms with Crippen molar-refractivity contribution in [3.8, 4) is 23.0 Å². The lowest BCUT2D eigenvalue weighted by molar-refractivity contribution is 0.0950. The summed E-state index contributed by atoms with van der Waals surface area (Å²) >= 11 is 0. The monoisotopic (exact) mass is 633 g/mol. The second-order valence-corrected chi connectivity index (χ2v) is 12.9. The van der Waals surface area contributed by atoms with E-state index in [1.54, 1.807) is 43.5 Å². The van der Waals surface area contributed by atoms with Gasteiger partial charge in [-0.15, -0.1) is 0 Å². The summed E-state index contributed by atoms with van der Waals surface area (Å²) in [6, 6.07) is 23.1. The summed E-state index contributed by atoms with van der Waals surface area (Å²) in [7, 11) is 0.537. The first-order valence-electron chi connectivity index (χ1n) is 14.7. The molecule has 238 valence electrons. The molecule has 45 heavy (non-hydrogen) atoms. The molecule has 0 saturated heterocycles. The average Bonchev–Trinajstić information content (AvgIpc) is 3.06.